The molecule has 1 saturated carbocycles. The van der Waals surface area contributed by atoms with Crippen LogP contribution in [0.5, 0.6) is 0 Å². The lowest BCUT2D eigenvalue weighted by atomic mass is 9.73. The highest BCUT2D eigenvalue weighted by Gasteiger charge is 2.45. The molecule has 148 valence electrons. The largest absolute Gasteiger partial charge is 0.479 e. The van der Waals surface area contributed by atoms with Gasteiger partial charge in [0.05, 0.1) is 6.04 Å². The molecule has 28 heavy (non-hydrogen) atoms. The van der Waals surface area contributed by atoms with Gasteiger partial charge in [0.25, 0.3) is 0 Å². The zero-order valence-electron chi connectivity index (χ0n) is 16.1. The summed E-state index contributed by atoms with van der Waals surface area (Å²) >= 11 is 0. The zero-order chi connectivity index (χ0) is 19.3. The van der Waals surface area contributed by atoms with Gasteiger partial charge >= 0.3 is 5.97 Å². The standard InChI is InChI=1S/C23H28N2O3/c26-22(23(27)28)15-5-1-4-14(12-15)20-18-9-3-7-17(18)19-8-2-6-16-13-24-10-11-25(20)21(16)19/h2,4,6,8,12,17-18,20,22,24,26H,1,3,5,7,9-11,13H2,(H,27,28)/t17?,18?,20?,22-/m0/s1. The van der Waals surface area contributed by atoms with Crippen LogP contribution in [0.25, 0.3) is 0 Å². The number of carboxylic acids is 1. The molecule has 0 radical (unpaired) electrons. The van der Waals surface area contributed by atoms with Crippen molar-refractivity contribution in [1.29, 1.82) is 0 Å². The maximum Gasteiger partial charge on any atom is 0.336 e. The number of anilines is 1. The fourth-order valence-corrected chi connectivity index (χ4v) is 5.96. The molecular formula is C23H28N2O3. The van der Waals surface area contributed by atoms with Crippen LogP contribution in [0.3, 0.4) is 0 Å². The number of carboxylic acid groups (broad SMARTS) is 1. The van der Waals surface area contributed by atoms with Crippen LogP contribution in [0, 0.1) is 5.92 Å². The second-order valence-corrected chi connectivity index (χ2v) is 8.57. The highest BCUT2D eigenvalue weighted by atomic mass is 16.4. The molecule has 2 aliphatic heterocycles. The molecule has 3 N–H and O–H groups in total. The molecule has 5 rings (SSSR count). The summed E-state index contributed by atoms with van der Waals surface area (Å²) in [5, 5.41) is 22.9. The van der Waals surface area contributed by atoms with E-state index in [0.29, 0.717) is 23.8 Å². The molecule has 5 nitrogen and oxygen atoms in total. The molecule has 1 aromatic rings. The van der Waals surface area contributed by atoms with Crippen molar-refractivity contribution in [3.63, 3.8) is 0 Å². The normalized spacial score (nSPS) is 29.9. The van der Waals surface area contributed by atoms with E-state index in [-0.39, 0.29) is 6.04 Å². The number of hydrogen-bond acceptors (Lipinski definition) is 4. The number of hydrogen-bond donors (Lipinski definition) is 3. The predicted molar refractivity (Wildman–Crippen MR) is 108 cm³/mol. The third kappa shape index (κ3) is 2.80. The fraction of sp³-hybridized carbons (Fsp3) is 0.522. The fourth-order valence-electron chi connectivity index (χ4n) is 5.96. The maximum absolute atomic E-state index is 11.3. The average molecular weight is 380 g/mol. The highest BCUT2D eigenvalue weighted by molar-refractivity contribution is 5.76. The zero-order valence-corrected chi connectivity index (χ0v) is 16.1. The lowest BCUT2D eigenvalue weighted by Gasteiger charge is -2.47. The van der Waals surface area contributed by atoms with E-state index in [2.05, 4.69) is 34.5 Å². The molecule has 1 aromatic carbocycles. The van der Waals surface area contributed by atoms with Gasteiger partial charge in [-0.3, -0.25) is 0 Å². The summed E-state index contributed by atoms with van der Waals surface area (Å²) in [5.41, 5.74) is 6.14. The molecule has 4 atom stereocenters. The van der Waals surface area contributed by atoms with E-state index in [9.17, 15) is 15.0 Å². The van der Waals surface area contributed by atoms with Crippen LogP contribution in [0.4, 0.5) is 5.69 Å². The number of nitrogens with one attached hydrogen (secondary N) is 1. The highest BCUT2D eigenvalue weighted by Crippen LogP contribution is 2.53. The van der Waals surface area contributed by atoms with Gasteiger partial charge < -0.3 is 20.4 Å². The van der Waals surface area contributed by atoms with Gasteiger partial charge in [-0.25, -0.2) is 4.79 Å². The van der Waals surface area contributed by atoms with Crippen LogP contribution < -0.4 is 10.2 Å². The first kappa shape index (κ1) is 18.0. The molecule has 2 heterocycles. The van der Waals surface area contributed by atoms with Crippen LogP contribution in [0.2, 0.25) is 0 Å². The summed E-state index contributed by atoms with van der Waals surface area (Å²) in [6, 6.07) is 7.04. The first-order valence-electron chi connectivity index (χ1n) is 10.6. The minimum absolute atomic E-state index is 0.275. The van der Waals surface area contributed by atoms with Crippen LogP contribution >= 0.6 is 0 Å². The number of aliphatic carboxylic acids is 1. The summed E-state index contributed by atoms with van der Waals surface area (Å²) in [4.78, 5) is 13.9. The van der Waals surface area contributed by atoms with Crippen molar-refractivity contribution in [2.24, 2.45) is 5.92 Å². The van der Waals surface area contributed by atoms with Gasteiger partial charge in [-0.2, -0.15) is 0 Å². The maximum atomic E-state index is 11.3. The van der Waals surface area contributed by atoms with Crippen LogP contribution in [-0.4, -0.2) is 41.4 Å². The van der Waals surface area contributed by atoms with Crippen molar-refractivity contribution in [2.75, 3.05) is 18.0 Å². The summed E-state index contributed by atoms with van der Waals surface area (Å²) in [5.74, 6) is -0.00969. The van der Waals surface area contributed by atoms with E-state index in [1.54, 1.807) is 0 Å². The Morgan fingerprint density at radius 2 is 2.18 bits per heavy atom. The number of fused-ring (bicyclic) bond motifs is 2. The van der Waals surface area contributed by atoms with Gasteiger partial charge in [-0.1, -0.05) is 36.8 Å². The molecule has 2 aliphatic carbocycles. The van der Waals surface area contributed by atoms with Crippen LogP contribution in [0.1, 0.15) is 49.1 Å². The van der Waals surface area contributed by atoms with E-state index in [1.165, 1.54) is 41.6 Å². The van der Waals surface area contributed by atoms with E-state index in [4.69, 9.17) is 0 Å². The minimum Gasteiger partial charge on any atom is -0.479 e. The molecule has 0 saturated heterocycles. The molecule has 0 spiro atoms. The first-order chi connectivity index (χ1) is 13.6. The number of aliphatic hydroxyl groups is 1. The molecule has 1 fully saturated rings. The van der Waals surface area contributed by atoms with Gasteiger partial charge in [-0.15, -0.1) is 0 Å². The van der Waals surface area contributed by atoms with Crippen LogP contribution in [-0.2, 0) is 11.3 Å². The summed E-state index contributed by atoms with van der Waals surface area (Å²) in [6.07, 6.45) is 8.02. The number of rotatable bonds is 3. The molecule has 0 bridgehead atoms. The van der Waals surface area contributed by atoms with Crippen molar-refractivity contribution >= 4 is 11.7 Å². The number of carbonyl (C=O) groups is 1. The number of benzene rings is 1. The van der Waals surface area contributed by atoms with Gasteiger partial charge in [0.2, 0.25) is 0 Å². The first-order valence-corrected chi connectivity index (χ1v) is 10.6. The van der Waals surface area contributed by atoms with E-state index < -0.39 is 12.1 Å². The van der Waals surface area contributed by atoms with Gasteiger partial charge in [-0.05, 0) is 59.8 Å². The second-order valence-electron chi connectivity index (χ2n) is 8.57. The number of nitrogens with zero attached hydrogens (tertiary/aromatic N) is 1. The Kier molecular flexibility index (Phi) is 4.52. The Labute approximate surface area is 165 Å². The quantitative estimate of drug-likeness (QED) is 0.752. The Morgan fingerprint density at radius 3 is 3.04 bits per heavy atom. The van der Waals surface area contributed by atoms with Crippen molar-refractivity contribution in [3.05, 3.63) is 52.6 Å². The van der Waals surface area contributed by atoms with E-state index in [1.807, 2.05) is 6.08 Å². The van der Waals surface area contributed by atoms with Gasteiger partial charge in [0, 0.05) is 25.3 Å². The third-order valence-corrected chi connectivity index (χ3v) is 7.08. The molecule has 0 amide bonds. The summed E-state index contributed by atoms with van der Waals surface area (Å²) < 4.78 is 0. The number of para-hydroxylation sites is 1. The smallest absolute Gasteiger partial charge is 0.336 e. The lowest BCUT2D eigenvalue weighted by molar-refractivity contribution is -0.144. The number of aliphatic hydroxyl groups excluding tert-OH is 1. The Morgan fingerprint density at radius 1 is 1.29 bits per heavy atom. The Hall–Kier alpha value is -2.11. The molecule has 3 unspecified atom stereocenters. The van der Waals surface area contributed by atoms with Crippen molar-refractivity contribution in [1.82, 2.24) is 5.32 Å². The van der Waals surface area contributed by atoms with Gasteiger partial charge in [0.1, 0.15) is 0 Å². The van der Waals surface area contributed by atoms with E-state index in [0.717, 1.165) is 26.1 Å². The topological polar surface area (TPSA) is 72.8 Å². The van der Waals surface area contributed by atoms with Crippen molar-refractivity contribution < 1.29 is 15.0 Å². The summed E-state index contributed by atoms with van der Waals surface area (Å²) in [7, 11) is 0. The molecule has 4 aliphatic rings. The predicted octanol–water partition coefficient (Wildman–Crippen LogP) is 2.95. The van der Waals surface area contributed by atoms with Gasteiger partial charge in [0.15, 0.2) is 6.10 Å². The van der Waals surface area contributed by atoms with E-state index >= 15 is 0 Å². The Balaban J connectivity index is 1.60. The molecular weight excluding hydrogens is 352 g/mol. The third-order valence-electron chi connectivity index (χ3n) is 7.08. The van der Waals surface area contributed by atoms with Crippen molar-refractivity contribution in [2.45, 2.75) is 56.7 Å². The van der Waals surface area contributed by atoms with Crippen molar-refractivity contribution in [3.8, 4) is 0 Å². The summed E-state index contributed by atoms with van der Waals surface area (Å²) in [6.45, 7) is 2.81. The number of allylic oxidation sites excluding steroid dienone is 1. The SMILES string of the molecule is O=C(O)[C@@H](O)C1=CC(C2C3CCCC3c3cccc4c3N2CCNC4)=CCC1. The second kappa shape index (κ2) is 7.05. The monoisotopic (exact) mass is 380 g/mol. The lowest BCUT2D eigenvalue weighted by Crippen LogP contribution is -2.48. The minimum atomic E-state index is -1.39. The molecule has 5 heteroatoms. The Bertz CT molecular complexity index is 859. The molecule has 0 aromatic heterocycles. The average Bonchev–Trinajstić information content (AvgIpc) is 3.10. The van der Waals surface area contributed by atoms with Crippen LogP contribution in [0.15, 0.2) is 41.5 Å².